The van der Waals surface area contributed by atoms with Crippen molar-refractivity contribution in [3.63, 3.8) is 0 Å². The zero-order chi connectivity index (χ0) is 12.9. The normalized spacial score (nSPS) is 10.7. The Balaban J connectivity index is 4.39. The summed E-state index contributed by atoms with van der Waals surface area (Å²) >= 11 is 0. The maximum absolute atomic E-state index is 11.4. The van der Waals surface area contributed by atoms with Crippen molar-refractivity contribution in [2.75, 3.05) is 34.7 Å². The number of nitrogens with zero attached hydrogens (tertiary/aromatic N) is 3. The van der Waals surface area contributed by atoms with E-state index in [2.05, 4.69) is 4.99 Å². The molecule has 0 aromatic carbocycles. The molecule has 0 N–H and O–H groups in total. The fourth-order valence-electron chi connectivity index (χ4n) is 1.19. The van der Waals surface area contributed by atoms with E-state index >= 15 is 0 Å². The van der Waals surface area contributed by atoms with Crippen LogP contribution in [-0.2, 0) is 9.53 Å². The largest absolute Gasteiger partial charge is 0.459 e. The van der Waals surface area contributed by atoms with Gasteiger partial charge in [0.25, 0.3) is 0 Å². The predicted octanol–water partition coefficient (Wildman–Crippen LogP) is 0.807. The summed E-state index contributed by atoms with van der Waals surface area (Å²) in [5, 5.41) is 0. The topological polar surface area (TPSA) is 45.1 Å². The number of rotatable bonds is 2. The number of ether oxygens (including phenoxy) is 1. The summed E-state index contributed by atoms with van der Waals surface area (Å²) in [5.74, 6) is 0.430. The molecular weight excluding hydrogens is 206 g/mol. The number of carbonyl (C=O) groups is 1. The van der Waals surface area contributed by atoms with Crippen LogP contribution >= 0.6 is 0 Å². The average Bonchev–Trinajstić information content (AvgIpc) is 1.98. The number of esters is 1. The van der Waals surface area contributed by atoms with Crippen molar-refractivity contribution < 1.29 is 9.53 Å². The van der Waals surface area contributed by atoms with Gasteiger partial charge in [0.2, 0.25) is 0 Å². The van der Waals surface area contributed by atoms with Gasteiger partial charge in [-0.25, -0.2) is 4.99 Å². The van der Waals surface area contributed by atoms with Gasteiger partial charge in [0.05, 0.1) is 0 Å². The van der Waals surface area contributed by atoms with Crippen LogP contribution in [0, 0.1) is 0 Å². The van der Waals surface area contributed by atoms with E-state index in [4.69, 9.17) is 4.74 Å². The Hall–Kier alpha value is -1.26. The van der Waals surface area contributed by atoms with Gasteiger partial charge in [-0.2, -0.15) is 0 Å². The quantitative estimate of drug-likeness (QED) is 0.399. The molecule has 0 fully saturated rings. The van der Waals surface area contributed by atoms with Gasteiger partial charge < -0.3 is 14.5 Å². The number of guanidine groups is 1. The lowest BCUT2D eigenvalue weighted by atomic mass is 10.2. The van der Waals surface area contributed by atoms with Crippen molar-refractivity contribution in [3.8, 4) is 0 Å². The molecule has 94 valence electrons. The molecule has 0 unspecified atom stereocenters. The lowest BCUT2D eigenvalue weighted by Gasteiger charge is -2.23. The first kappa shape index (κ1) is 14.7. The van der Waals surface area contributed by atoms with Gasteiger partial charge in [-0.1, -0.05) is 0 Å². The molecule has 0 aliphatic heterocycles. The van der Waals surface area contributed by atoms with Crippen LogP contribution in [0.25, 0.3) is 0 Å². The zero-order valence-electron chi connectivity index (χ0n) is 11.4. The fourth-order valence-corrected chi connectivity index (χ4v) is 1.19. The van der Waals surface area contributed by atoms with Crippen LogP contribution in [0.2, 0.25) is 0 Å². The molecule has 0 spiro atoms. The SMILES string of the molecule is CN(C)C(=NCC(=O)OC(C)(C)C)N(C)C. The Bertz CT molecular complexity index is 255. The maximum atomic E-state index is 11.4. The summed E-state index contributed by atoms with van der Waals surface area (Å²) in [6.07, 6.45) is 0. The maximum Gasteiger partial charge on any atom is 0.328 e. The van der Waals surface area contributed by atoms with Crippen molar-refractivity contribution in [3.05, 3.63) is 0 Å². The second kappa shape index (κ2) is 5.72. The number of hydrogen-bond acceptors (Lipinski definition) is 3. The van der Waals surface area contributed by atoms with E-state index in [0.29, 0.717) is 0 Å². The summed E-state index contributed by atoms with van der Waals surface area (Å²) in [4.78, 5) is 19.3. The summed E-state index contributed by atoms with van der Waals surface area (Å²) < 4.78 is 5.16. The summed E-state index contributed by atoms with van der Waals surface area (Å²) in [7, 11) is 7.53. The van der Waals surface area contributed by atoms with Crippen LogP contribution in [0.3, 0.4) is 0 Å². The molecule has 5 nitrogen and oxygen atoms in total. The first-order valence-electron chi connectivity index (χ1n) is 5.24. The van der Waals surface area contributed by atoms with E-state index < -0.39 is 5.60 Å². The van der Waals surface area contributed by atoms with Crippen molar-refractivity contribution in [2.24, 2.45) is 4.99 Å². The fraction of sp³-hybridized carbons (Fsp3) is 0.818. The highest BCUT2D eigenvalue weighted by Crippen LogP contribution is 2.06. The monoisotopic (exact) mass is 229 g/mol. The van der Waals surface area contributed by atoms with Crippen molar-refractivity contribution in [1.82, 2.24) is 9.80 Å². The Morgan fingerprint density at radius 2 is 1.56 bits per heavy atom. The zero-order valence-corrected chi connectivity index (χ0v) is 11.4. The van der Waals surface area contributed by atoms with E-state index in [9.17, 15) is 4.79 Å². The molecule has 0 aliphatic carbocycles. The van der Waals surface area contributed by atoms with Gasteiger partial charge in [0, 0.05) is 28.2 Å². The lowest BCUT2D eigenvalue weighted by molar-refractivity contribution is -0.152. The molecule has 0 saturated heterocycles. The molecule has 0 rings (SSSR count). The van der Waals surface area contributed by atoms with Crippen LogP contribution in [0.15, 0.2) is 4.99 Å². The van der Waals surface area contributed by atoms with Crippen molar-refractivity contribution >= 4 is 11.9 Å². The van der Waals surface area contributed by atoms with Crippen LogP contribution in [0.4, 0.5) is 0 Å². The molecule has 0 saturated carbocycles. The molecule has 0 aliphatic rings. The lowest BCUT2D eigenvalue weighted by Crippen LogP contribution is -2.36. The Kier molecular flexibility index (Phi) is 5.27. The van der Waals surface area contributed by atoms with Crippen LogP contribution in [0.1, 0.15) is 20.8 Å². The third-order valence-corrected chi connectivity index (χ3v) is 1.57. The van der Waals surface area contributed by atoms with E-state index in [0.717, 1.165) is 5.96 Å². The van der Waals surface area contributed by atoms with Crippen LogP contribution < -0.4 is 0 Å². The highest BCUT2D eigenvalue weighted by Gasteiger charge is 2.16. The van der Waals surface area contributed by atoms with Gasteiger partial charge in [-0.15, -0.1) is 0 Å². The molecule has 0 heterocycles. The molecule has 16 heavy (non-hydrogen) atoms. The number of aliphatic imine (C=N–C) groups is 1. The van der Waals surface area contributed by atoms with Crippen molar-refractivity contribution in [2.45, 2.75) is 26.4 Å². The Morgan fingerprint density at radius 3 is 1.88 bits per heavy atom. The molecule has 5 heteroatoms. The smallest absolute Gasteiger partial charge is 0.328 e. The first-order valence-corrected chi connectivity index (χ1v) is 5.24. The molecule has 0 amide bonds. The van der Waals surface area contributed by atoms with Gasteiger partial charge in [-0.05, 0) is 20.8 Å². The van der Waals surface area contributed by atoms with Gasteiger partial charge in [0.1, 0.15) is 12.1 Å². The molecule has 0 aromatic rings. The average molecular weight is 229 g/mol. The van der Waals surface area contributed by atoms with E-state index in [1.54, 1.807) is 0 Å². The molecule has 0 bridgehead atoms. The Morgan fingerprint density at radius 1 is 1.12 bits per heavy atom. The first-order chi connectivity index (χ1) is 7.13. The minimum atomic E-state index is -0.455. The minimum Gasteiger partial charge on any atom is -0.459 e. The summed E-state index contributed by atoms with van der Waals surface area (Å²) in [6, 6.07) is 0. The van der Waals surface area contributed by atoms with E-state index in [-0.39, 0.29) is 12.5 Å². The number of hydrogen-bond donors (Lipinski definition) is 0. The molecule has 0 radical (unpaired) electrons. The standard InChI is InChI=1S/C11H23N3O2/c1-11(2,3)16-9(15)8-12-10(13(4)5)14(6)7/h8H2,1-7H3. The highest BCUT2D eigenvalue weighted by atomic mass is 16.6. The molecule has 0 aromatic heterocycles. The minimum absolute atomic E-state index is 0.0446. The third kappa shape index (κ3) is 6.27. The van der Waals surface area contributed by atoms with Gasteiger partial charge >= 0.3 is 5.97 Å². The van der Waals surface area contributed by atoms with Crippen molar-refractivity contribution in [1.29, 1.82) is 0 Å². The second-order valence-corrected chi connectivity index (χ2v) is 4.99. The van der Waals surface area contributed by atoms with Gasteiger partial charge in [0.15, 0.2) is 5.96 Å². The summed E-state index contributed by atoms with van der Waals surface area (Å²) in [5.41, 5.74) is -0.455. The number of carbonyl (C=O) groups excluding carboxylic acids is 1. The predicted molar refractivity (Wildman–Crippen MR) is 65.5 cm³/mol. The van der Waals surface area contributed by atoms with Crippen LogP contribution in [0.5, 0.6) is 0 Å². The molecular formula is C11H23N3O2. The summed E-state index contributed by atoms with van der Waals surface area (Å²) in [6.45, 7) is 5.57. The van der Waals surface area contributed by atoms with E-state index in [1.165, 1.54) is 0 Å². The van der Waals surface area contributed by atoms with E-state index in [1.807, 2.05) is 58.8 Å². The van der Waals surface area contributed by atoms with Crippen LogP contribution in [-0.4, -0.2) is 62.1 Å². The second-order valence-electron chi connectivity index (χ2n) is 4.99. The molecule has 0 atom stereocenters. The Labute approximate surface area is 98.1 Å². The van der Waals surface area contributed by atoms with Gasteiger partial charge in [-0.3, -0.25) is 4.79 Å². The third-order valence-electron chi connectivity index (χ3n) is 1.57. The highest BCUT2D eigenvalue weighted by molar-refractivity contribution is 5.82.